The number of carboxylic acids is 3. The van der Waals surface area contributed by atoms with Gasteiger partial charge in [-0.05, 0) is 6.92 Å². The third-order valence-electron chi connectivity index (χ3n) is 1.02. The molecule has 88 valence electrons. The van der Waals surface area contributed by atoms with E-state index in [0.29, 0.717) is 0 Å². The maximum absolute atomic E-state index is 9.65. The lowest BCUT2D eigenvalue weighted by Gasteiger charge is -1.94. The van der Waals surface area contributed by atoms with Gasteiger partial charge >= 0.3 is 17.9 Å². The van der Waals surface area contributed by atoms with Crippen molar-refractivity contribution in [1.82, 2.24) is 0 Å². The highest BCUT2D eigenvalue weighted by molar-refractivity contribution is 5.75. The second kappa shape index (κ2) is 8.95. The normalized spacial score (nSPS) is 10.8. The number of aliphatic hydroxyl groups is 1. The summed E-state index contributed by atoms with van der Waals surface area (Å²) in [5.41, 5.74) is 0. The summed E-state index contributed by atoms with van der Waals surface area (Å²) < 4.78 is 0. The van der Waals surface area contributed by atoms with Gasteiger partial charge in [-0.3, -0.25) is 14.4 Å². The average molecular weight is 222 g/mol. The van der Waals surface area contributed by atoms with Crippen LogP contribution in [0.3, 0.4) is 0 Å². The highest BCUT2D eigenvalue weighted by Gasteiger charge is 2.00. The Labute approximate surface area is 86.0 Å². The first-order valence-electron chi connectivity index (χ1n) is 4.09. The number of aliphatic hydroxyl groups excluding tert-OH is 1. The molecule has 0 fully saturated rings. The molecule has 0 aromatic rings. The molecule has 0 heterocycles. The van der Waals surface area contributed by atoms with Crippen molar-refractivity contribution in [3.63, 3.8) is 0 Å². The van der Waals surface area contributed by atoms with Gasteiger partial charge in [0.15, 0.2) is 0 Å². The van der Waals surface area contributed by atoms with Crippen molar-refractivity contribution >= 4 is 17.9 Å². The van der Waals surface area contributed by atoms with Crippen LogP contribution in [0.2, 0.25) is 0 Å². The van der Waals surface area contributed by atoms with Crippen LogP contribution in [-0.4, -0.2) is 44.4 Å². The second-order valence-corrected chi connectivity index (χ2v) is 2.73. The molecule has 1 unspecified atom stereocenters. The van der Waals surface area contributed by atoms with Gasteiger partial charge in [0.25, 0.3) is 0 Å². The van der Waals surface area contributed by atoms with Gasteiger partial charge in [-0.1, -0.05) is 0 Å². The van der Waals surface area contributed by atoms with Crippen LogP contribution in [0.15, 0.2) is 0 Å². The maximum Gasteiger partial charge on any atom is 0.305 e. The van der Waals surface area contributed by atoms with Crippen LogP contribution < -0.4 is 0 Å². The molecule has 7 nitrogen and oxygen atoms in total. The molecule has 0 radical (unpaired) electrons. The molecule has 0 spiro atoms. The molecule has 0 bridgehead atoms. The van der Waals surface area contributed by atoms with Gasteiger partial charge in [0.1, 0.15) is 0 Å². The summed E-state index contributed by atoms with van der Waals surface area (Å²) in [5.74, 6) is -3.12. The number of carbonyl (C=O) groups is 3. The Kier molecular flexibility index (Phi) is 9.44. The lowest BCUT2D eigenvalue weighted by molar-refractivity contribution is -0.143. The highest BCUT2D eigenvalue weighted by Crippen LogP contribution is 1.86. The van der Waals surface area contributed by atoms with E-state index in [1.807, 2.05) is 0 Å². The summed E-state index contributed by atoms with van der Waals surface area (Å²) in [5, 5.41) is 32.1. The third kappa shape index (κ3) is 24.5. The molecule has 0 rings (SSSR count). The molecule has 0 aliphatic rings. The van der Waals surface area contributed by atoms with Crippen LogP contribution >= 0.6 is 0 Å². The monoisotopic (exact) mass is 222 g/mol. The van der Waals surface area contributed by atoms with Gasteiger partial charge in [0.2, 0.25) is 0 Å². The minimum absolute atomic E-state index is 0.167. The molecule has 1 atom stereocenters. The highest BCUT2D eigenvalue weighted by atomic mass is 16.4. The standard InChI is InChI=1S/C4H6O4.C4H8O3/c5-3(6)1-2-4(7)8;1-3(5)2-4(6)7/h1-2H2,(H,5,6)(H,7,8);3,5H,2H2,1H3,(H,6,7). The fourth-order valence-electron chi connectivity index (χ4n) is 0.467. The predicted molar refractivity (Wildman–Crippen MR) is 48.4 cm³/mol. The molecule has 0 aliphatic carbocycles. The maximum atomic E-state index is 9.65. The van der Waals surface area contributed by atoms with Crippen molar-refractivity contribution < 1.29 is 34.8 Å². The van der Waals surface area contributed by atoms with E-state index in [2.05, 4.69) is 0 Å². The Morgan fingerprint density at radius 2 is 1.27 bits per heavy atom. The van der Waals surface area contributed by atoms with Crippen LogP contribution in [0.1, 0.15) is 26.2 Å². The fraction of sp³-hybridized carbons (Fsp3) is 0.625. The summed E-state index contributed by atoms with van der Waals surface area (Å²) in [7, 11) is 0. The van der Waals surface area contributed by atoms with Crippen LogP contribution in [0.5, 0.6) is 0 Å². The zero-order valence-electron chi connectivity index (χ0n) is 8.21. The van der Waals surface area contributed by atoms with Crippen LogP contribution in [0.4, 0.5) is 0 Å². The Morgan fingerprint density at radius 3 is 1.33 bits per heavy atom. The van der Waals surface area contributed by atoms with Crippen molar-refractivity contribution in [1.29, 1.82) is 0 Å². The Hall–Kier alpha value is -1.63. The molecule has 0 aromatic carbocycles. The van der Waals surface area contributed by atoms with Gasteiger partial charge in [0.05, 0.1) is 25.4 Å². The van der Waals surface area contributed by atoms with E-state index < -0.39 is 24.0 Å². The summed E-state index contributed by atoms with van der Waals surface area (Å²) in [6, 6.07) is 0. The van der Waals surface area contributed by atoms with Crippen molar-refractivity contribution in [3.05, 3.63) is 0 Å². The molecule has 0 amide bonds. The lowest BCUT2D eigenvalue weighted by atomic mass is 10.3. The number of rotatable bonds is 5. The van der Waals surface area contributed by atoms with Gasteiger partial charge in [-0.25, -0.2) is 0 Å². The zero-order chi connectivity index (χ0) is 12.4. The largest absolute Gasteiger partial charge is 0.481 e. The van der Waals surface area contributed by atoms with E-state index in [1.54, 1.807) is 0 Å². The summed E-state index contributed by atoms with van der Waals surface area (Å²) in [6.45, 7) is 1.44. The second-order valence-electron chi connectivity index (χ2n) is 2.73. The molecular weight excluding hydrogens is 208 g/mol. The average Bonchev–Trinajstić information content (AvgIpc) is 1.99. The number of carboxylic acid groups (broad SMARTS) is 3. The number of hydrogen-bond acceptors (Lipinski definition) is 4. The minimum Gasteiger partial charge on any atom is -0.481 e. The molecule has 15 heavy (non-hydrogen) atoms. The predicted octanol–water partition coefficient (Wildman–Crippen LogP) is -0.222. The van der Waals surface area contributed by atoms with Gasteiger partial charge in [0, 0.05) is 0 Å². The molecule has 0 saturated heterocycles. The molecule has 0 saturated carbocycles. The smallest absolute Gasteiger partial charge is 0.305 e. The van der Waals surface area contributed by atoms with Gasteiger partial charge < -0.3 is 20.4 Å². The Bertz CT molecular complexity index is 207. The SMILES string of the molecule is CC(O)CC(=O)O.O=C(O)CCC(=O)O. The first-order chi connectivity index (χ1) is 6.75. The summed E-state index contributed by atoms with van der Waals surface area (Å²) in [6.07, 6.45) is -1.48. The molecule has 0 aliphatic heterocycles. The van der Waals surface area contributed by atoms with Gasteiger partial charge in [-0.15, -0.1) is 0 Å². The number of aliphatic carboxylic acids is 3. The molecule has 7 heteroatoms. The van der Waals surface area contributed by atoms with Crippen molar-refractivity contribution in [2.75, 3.05) is 0 Å². The topological polar surface area (TPSA) is 132 Å². The quantitative estimate of drug-likeness (QED) is 0.505. The minimum atomic E-state index is -1.08. The van der Waals surface area contributed by atoms with E-state index >= 15 is 0 Å². The Balaban J connectivity index is 0. The lowest BCUT2D eigenvalue weighted by Crippen LogP contribution is -2.07. The Morgan fingerprint density at radius 1 is 0.933 bits per heavy atom. The van der Waals surface area contributed by atoms with Crippen LogP contribution in [-0.2, 0) is 14.4 Å². The van der Waals surface area contributed by atoms with E-state index in [1.165, 1.54) is 6.92 Å². The van der Waals surface area contributed by atoms with E-state index in [9.17, 15) is 14.4 Å². The molecule has 0 aromatic heterocycles. The summed E-state index contributed by atoms with van der Waals surface area (Å²) >= 11 is 0. The number of hydrogen-bond donors (Lipinski definition) is 4. The first kappa shape index (κ1) is 15.8. The van der Waals surface area contributed by atoms with Crippen molar-refractivity contribution in [3.8, 4) is 0 Å². The summed E-state index contributed by atoms with van der Waals surface area (Å²) in [4.78, 5) is 28.9. The fourth-order valence-corrected chi connectivity index (χ4v) is 0.467. The van der Waals surface area contributed by atoms with Gasteiger partial charge in [-0.2, -0.15) is 0 Å². The molecule has 4 N–H and O–H groups in total. The van der Waals surface area contributed by atoms with E-state index in [4.69, 9.17) is 20.4 Å². The third-order valence-corrected chi connectivity index (χ3v) is 1.02. The zero-order valence-corrected chi connectivity index (χ0v) is 8.21. The van der Waals surface area contributed by atoms with E-state index in [0.717, 1.165) is 0 Å². The van der Waals surface area contributed by atoms with E-state index in [-0.39, 0.29) is 19.3 Å². The van der Waals surface area contributed by atoms with Crippen LogP contribution in [0, 0.1) is 0 Å². The van der Waals surface area contributed by atoms with Crippen LogP contribution in [0.25, 0.3) is 0 Å². The van der Waals surface area contributed by atoms with Crippen molar-refractivity contribution in [2.45, 2.75) is 32.3 Å². The van der Waals surface area contributed by atoms with Crippen molar-refractivity contribution in [2.24, 2.45) is 0 Å². The first-order valence-corrected chi connectivity index (χ1v) is 4.09. The molecular formula is C8H14O7.